The molecule has 0 aliphatic carbocycles. The number of nitrogens with one attached hydrogen (secondary N) is 1. The topological polar surface area (TPSA) is 55.1 Å². The Morgan fingerprint density at radius 2 is 2.10 bits per heavy atom. The number of hydrogen-bond acceptors (Lipinski definition) is 3. The first-order valence-electron chi connectivity index (χ1n) is 6.59. The fourth-order valence-electron chi connectivity index (χ4n) is 1.69. The first kappa shape index (κ1) is 17.8. The lowest BCUT2D eigenvalue weighted by molar-refractivity contribution is -0.117. The quantitative estimate of drug-likeness (QED) is 0.786. The summed E-state index contributed by atoms with van der Waals surface area (Å²) < 4.78 is 36.9. The fraction of sp³-hybridized carbons (Fsp3) is 0.500. The molecule has 0 aliphatic rings. The maximum absolute atomic E-state index is 12.3. The van der Waals surface area contributed by atoms with Crippen LogP contribution in [0, 0.1) is 6.92 Å². The highest BCUT2D eigenvalue weighted by molar-refractivity contribution is 7.99. The van der Waals surface area contributed by atoms with Gasteiger partial charge in [0, 0.05) is 4.90 Å². The van der Waals surface area contributed by atoms with E-state index in [1.807, 2.05) is 6.92 Å². The third kappa shape index (κ3) is 6.39. The Hall–Kier alpha value is -1.21. The van der Waals surface area contributed by atoms with Crippen LogP contribution in [0.3, 0.4) is 0 Å². The van der Waals surface area contributed by atoms with E-state index in [9.17, 15) is 18.0 Å². The summed E-state index contributed by atoms with van der Waals surface area (Å²) in [7, 11) is 0. The number of carbonyl (C=O) groups excluding carboxylic acids is 1. The zero-order valence-corrected chi connectivity index (χ0v) is 12.8. The predicted molar refractivity (Wildman–Crippen MR) is 79.5 cm³/mol. The second-order valence-electron chi connectivity index (χ2n) is 4.79. The van der Waals surface area contributed by atoms with E-state index in [2.05, 4.69) is 5.32 Å². The first-order chi connectivity index (χ1) is 9.73. The van der Waals surface area contributed by atoms with Crippen molar-refractivity contribution < 1.29 is 18.0 Å². The fourth-order valence-corrected chi connectivity index (χ4v) is 2.44. The minimum absolute atomic E-state index is 0.376. The summed E-state index contributed by atoms with van der Waals surface area (Å²) in [5.41, 5.74) is 6.94. The van der Waals surface area contributed by atoms with Crippen LogP contribution < -0.4 is 11.1 Å². The minimum Gasteiger partial charge on any atom is -0.324 e. The summed E-state index contributed by atoms with van der Waals surface area (Å²) in [6.45, 7) is 3.71. The largest absolute Gasteiger partial charge is 0.398 e. The lowest BCUT2D eigenvalue weighted by Gasteiger charge is -2.15. The number of benzene rings is 1. The van der Waals surface area contributed by atoms with E-state index in [0.29, 0.717) is 28.8 Å². The number of halogens is 3. The van der Waals surface area contributed by atoms with E-state index in [4.69, 9.17) is 5.73 Å². The molecule has 21 heavy (non-hydrogen) atoms. The maximum Gasteiger partial charge on any atom is 0.398 e. The molecule has 0 spiro atoms. The summed E-state index contributed by atoms with van der Waals surface area (Å²) in [5, 5.41) is 2.62. The zero-order valence-electron chi connectivity index (χ0n) is 12.0. The number of thioether (sulfide) groups is 1. The van der Waals surface area contributed by atoms with Crippen LogP contribution in [-0.4, -0.2) is 23.9 Å². The second-order valence-corrected chi connectivity index (χ2v) is 5.81. The van der Waals surface area contributed by atoms with E-state index in [1.165, 1.54) is 0 Å². The van der Waals surface area contributed by atoms with Crippen LogP contribution in [0.2, 0.25) is 0 Å². The highest BCUT2D eigenvalue weighted by atomic mass is 32.2. The molecule has 118 valence electrons. The number of nitrogens with two attached hydrogens (primary N) is 1. The molecular weight excluding hydrogens is 301 g/mol. The Bertz CT molecular complexity index is 492. The van der Waals surface area contributed by atoms with E-state index in [0.717, 1.165) is 12.0 Å². The van der Waals surface area contributed by atoms with Crippen molar-refractivity contribution >= 4 is 23.4 Å². The molecule has 0 aromatic heterocycles. The number of hydrogen-bond donors (Lipinski definition) is 2. The molecule has 1 aromatic carbocycles. The molecular formula is C14H19F3N2OS. The maximum atomic E-state index is 12.3. The van der Waals surface area contributed by atoms with Crippen molar-refractivity contribution in [1.29, 1.82) is 0 Å². The third-order valence-electron chi connectivity index (χ3n) is 2.72. The Balaban J connectivity index is 2.84. The molecule has 1 unspecified atom stereocenters. The molecule has 0 saturated heterocycles. The molecule has 3 N–H and O–H groups in total. The van der Waals surface area contributed by atoms with Gasteiger partial charge in [-0.1, -0.05) is 19.4 Å². The zero-order chi connectivity index (χ0) is 16.0. The molecule has 0 bridgehead atoms. The third-order valence-corrected chi connectivity index (χ3v) is 3.86. The monoisotopic (exact) mass is 320 g/mol. The van der Waals surface area contributed by atoms with Crippen LogP contribution in [0.15, 0.2) is 23.1 Å². The van der Waals surface area contributed by atoms with Crippen molar-refractivity contribution in [2.24, 2.45) is 5.73 Å². The molecule has 0 heterocycles. The van der Waals surface area contributed by atoms with Gasteiger partial charge in [0.05, 0.1) is 17.5 Å². The molecule has 0 saturated carbocycles. The van der Waals surface area contributed by atoms with Crippen LogP contribution in [-0.2, 0) is 4.79 Å². The molecule has 1 atom stereocenters. The van der Waals surface area contributed by atoms with Gasteiger partial charge >= 0.3 is 6.18 Å². The smallest absolute Gasteiger partial charge is 0.324 e. The average Bonchev–Trinajstić information content (AvgIpc) is 2.37. The molecule has 0 aliphatic heterocycles. The van der Waals surface area contributed by atoms with Gasteiger partial charge in [0.1, 0.15) is 0 Å². The number of carbonyl (C=O) groups is 1. The number of rotatable bonds is 6. The van der Waals surface area contributed by atoms with Gasteiger partial charge in [-0.15, -0.1) is 11.8 Å². The van der Waals surface area contributed by atoms with Crippen molar-refractivity contribution in [3.05, 3.63) is 23.8 Å². The van der Waals surface area contributed by atoms with Crippen molar-refractivity contribution in [2.75, 3.05) is 11.1 Å². The number of aryl methyl sites for hydroxylation is 1. The van der Waals surface area contributed by atoms with E-state index in [-0.39, 0.29) is 5.91 Å². The normalized spacial score (nSPS) is 13.0. The number of alkyl halides is 3. The van der Waals surface area contributed by atoms with Gasteiger partial charge < -0.3 is 11.1 Å². The molecule has 1 rings (SSSR count). The summed E-state index contributed by atoms with van der Waals surface area (Å²) in [5.74, 6) is -1.38. The van der Waals surface area contributed by atoms with Crippen LogP contribution in [0.4, 0.5) is 18.9 Å². The van der Waals surface area contributed by atoms with Gasteiger partial charge in [-0.05, 0) is 31.0 Å². The number of amides is 1. The highest BCUT2D eigenvalue weighted by Gasteiger charge is 2.28. The second kappa shape index (κ2) is 7.70. The number of anilines is 1. The van der Waals surface area contributed by atoms with Gasteiger partial charge in [-0.25, -0.2) is 0 Å². The Kier molecular flexibility index (Phi) is 6.54. The molecule has 1 aromatic rings. The molecule has 1 amide bonds. The Morgan fingerprint density at radius 1 is 1.43 bits per heavy atom. The Labute approximate surface area is 126 Å². The van der Waals surface area contributed by atoms with Crippen molar-refractivity contribution in [3.63, 3.8) is 0 Å². The SMILES string of the molecule is CCCC(N)C(=O)Nc1cc(C)ccc1SCC(F)(F)F. The molecule has 0 fully saturated rings. The Morgan fingerprint density at radius 3 is 2.67 bits per heavy atom. The van der Waals surface area contributed by atoms with E-state index >= 15 is 0 Å². The standard InChI is InChI=1S/C14H19F3N2OS/c1-3-4-10(18)13(20)19-11-7-9(2)5-6-12(11)21-8-14(15,16)17/h5-7,10H,3-4,8,18H2,1-2H3,(H,19,20). The van der Waals surface area contributed by atoms with Crippen LogP contribution in [0.25, 0.3) is 0 Å². The van der Waals surface area contributed by atoms with Crippen LogP contribution in [0.5, 0.6) is 0 Å². The van der Waals surface area contributed by atoms with Crippen molar-refractivity contribution in [3.8, 4) is 0 Å². The van der Waals surface area contributed by atoms with Crippen LogP contribution in [0.1, 0.15) is 25.3 Å². The summed E-state index contributed by atoms with van der Waals surface area (Å²) in [6.07, 6.45) is -2.96. The summed E-state index contributed by atoms with van der Waals surface area (Å²) in [6, 6.07) is 4.28. The van der Waals surface area contributed by atoms with Gasteiger partial charge in [0.15, 0.2) is 0 Å². The molecule has 7 heteroatoms. The van der Waals surface area contributed by atoms with Gasteiger partial charge in [-0.3, -0.25) is 4.79 Å². The summed E-state index contributed by atoms with van der Waals surface area (Å²) in [4.78, 5) is 12.3. The van der Waals surface area contributed by atoms with Crippen LogP contribution >= 0.6 is 11.8 Å². The lowest BCUT2D eigenvalue weighted by atomic mass is 10.1. The first-order valence-corrected chi connectivity index (χ1v) is 7.58. The summed E-state index contributed by atoms with van der Waals surface area (Å²) >= 11 is 0.649. The van der Waals surface area contributed by atoms with Crippen molar-refractivity contribution in [1.82, 2.24) is 0 Å². The van der Waals surface area contributed by atoms with Gasteiger partial charge in [-0.2, -0.15) is 13.2 Å². The van der Waals surface area contributed by atoms with Gasteiger partial charge in [0.2, 0.25) is 5.91 Å². The molecule has 3 nitrogen and oxygen atoms in total. The van der Waals surface area contributed by atoms with E-state index < -0.39 is 18.0 Å². The van der Waals surface area contributed by atoms with E-state index in [1.54, 1.807) is 25.1 Å². The van der Waals surface area contributed by atoms with Gasteiger partial charge in [0.25, 0.3) is 0 Å². The molecule has 0 radical (unpaired) electrons. The lowest BCUT2D eigenvalue weighted by Crippen LogP contribution is -2.35. The average molecular weight is 320 g/mol. The van der Waals surface area contributed by atoms with Crippen molar-refractivity contribution in [2.45, 2.75) is 43.8 Å². The minimum atomic E-state index is -4.25. The highest BCUT2D eigenvalue weighted by Crippen LogP contribution is 2.33. The predicted octanol–water partition coefficient (Wildman–Crippen LogP) is 3.72.